The second-order valence-corrected chi connectivity index (χ2v) is 11.7. The topological polar surface area (TPSA) is 112 Å². The molecule has 1 aliphatic heterocycles. The summed E-state index contributed by atoms with van der Waals surface area (Å²) in [7, 11) is 0. The maximum Gasteiger partial charge on any atom is 0.270 e. The smallest absolute Gasteiger partial charge is 0.270 e. The van der Waals surface area contributed by atoms with E-state index in [1.54, 1.807) is 11.0 Å². The van der Waals surface area contributed by atoms with Crippen LogP contribution in [0.2, 0.25) is 0 Å². The first kappa shape index (κ1) is 27.3. The van der Waals surface area contributed by atoms with Gasteiger partial charge in [-0.1, -0.05) is 13.8 Å². The number of carbonyl (C=O) groups excluding carboxylic acids is 2. The predicted molar refractivity (Wildman–Crippen MR) is 141 cm³/mol. The lowest BCUT2D eigenvalue weighted by Crippen LogP contribution is -2.55. The molecule has 2 aromatic rings. The lowest BCUT2D eigenvalue weighted by molar-refractivity contribution is -0.132. The van der Waals surface area contributed by atoms with E-state index in [1.807, 2.05) is 20.8 Å². The van der Waals surface area contributed by atoms with Gasteiger partial charge in [-0.05, 0) is 37.7 Å². The summed E-state index contributed by atoms with van der Waals surface area (Å²) in [5.74, 6) is -3.83. The molecule has 2 aliphatic carbocycles. The highest BCUT2D eigenvalue weighted by Gasteiger charge is 2.46. The summed E-state index contributed by atoms with van der Waals surface area (Å²) < 4.78 is 29.0. The molecule has 3 fully saturated rings. The first-order valence-corrected chi connectivity index (χ1v) is 13.7. The third-order valence-corrected chi connectivity index (χ3v) is 7.69. The van der Waals surface area contributed by atoms with Gasteiger partial charge in [0.15, 0.2) is 5.56 Å². The van der Waals surface area contributed by atoms with Crippen LogP contribution in [0.1, 0.15) is 62.4 Å². The Balaban J connectivity index is 1.34. The van der Waals surface area contributed by atoms with Crippen LogP contribution in [0.25, 0.3) is 11.7 Å². The number of hydrogen-bond acceptors (Lipinski definition) is 6. The van der Waals surface area contributed by atoms with Crippen LogP contribution in [-0.4, -0.2) is 85.1 Å². The molecule has 0 aromatic carbocycles. The van der Waals surface area contributed by atoms with Gasteiger partial charge in [-0.2, -0.15) is 9.61 Å². The van der Waals surface area contributed by atoms with Crippen molar-refractivity contribution < 1.29 is 23.5 Å². The molecule has 0 spiro atoms. The van der Waals surface area contributed by atoms with Crippen molar-refractivity contribution in [3.05, 3.63) is 33.8 Å². The summed E-state index contributed by atoms with van der Waals surface area (Å²) in [6.45, 7) is 8.45. The molecule has 3 aliphatic rings. The highest BCUT2D eigenvalue weighted by atomic mass is 19.3. The highest BCUT2D eigenvalue weighted by molar-refractivity contribution is 5.97. The van der Waals surface area contributed by atoms with E-state index in [1.165, 1.54) is 21.4 Å². The molecule has 2 amide bonds. The number of alkyl halides is 2. The molecule has 10 nitrogen and oxygen atoms in total. The van der Waals surface area contributed by atoms with Crippen LogP contribution < -0.4 is 10.9 Å². The van der Waals surface area contributed by atoms with Crippen molar-refractivity contribution in [1.82, 2.24) is 29.3 Å². The Morgan fingerprint density at radius 1 is 1.26 bits per heavy atom. The molecule has 1 unspecified atom stereocenters. The predicted octanol–water partition coefficient (Wildman–Crippen LogP) is 2.34. The minimum Gasteiger partial charge on any atom is -0.492 e. The van der Waals surface area contributed by atoms with Crippen LogP contribution >= 0.6 is 0 Å². The third kappa shape index (κ3) is 5.70. The van der Waals surface area contributed by atoms with Crippen molar-refractivity contribution in [3.63, 3.8) is 0 Å². The highest BCUT2D eigenvalue weighted by Crippen LogP contribution is 2.42. The van der Waals surface area contributed by atoms with Crippen molar-refractivity contribution in [2.45, 2.75) is 71.0 Å². The molecule has 2 N–H and O–H groups in total. The van der Waals surface area contributed by atoms with Crippen molar-refractivity contribution in [3.8, 4) is 5.88 Å². The number of halogens is 2. The van der Waals surface area contributed by atoms with Gasteiger partial charge in [-0.25, -0.2) is 8.78 Å². The molecule has 5 rings (SSSR count). The minimum absolute atomic E-state index is 0.00474. The van der Waals surface area contributed by atoms with E-state index in [-0.39, 0.29) is 48.2 Å². The minimum atomic E-state index is -2.53. The van der Waals surface area contributed by atoms with Gasteiger partial charge in [0.05, 0.1) is 6.20 Å². The summed E-state index contributed by atoms with van der Waals surface area (Å²) in [6, 6.07) is -0.0732. The second kappa shape index (κ2) is 10.4. The van der Waals surface area contributed by atoms with Crippen LogP contribution in [-0.2, 0) is 11.3 Å². The summed E-state index contributed by atoms with van der Waals surface area (Å²) in [6.07, 6.45) is 6.00. The first-order valence-electron chi connectivity index (χ1n) is 13.7. The quantitative estimate of drug-likeness (QED) is 0.492. The Bertz CT molecular complexity index is 1350. The van der Waals surface area contributed by atoms with E-state index < -0.39 is 23.3 Å². The van der Waals surface area contributed by atoms with Crippen molar-refractivity contribution in [2.24, 2.45) is 11.8 Å². The van der Waals surface area contributed by atoms with E-state index in [0.717, 1.165) is 12.8 Å². The van der Waals surface area contributed by atoms with Gasteiger partial charge < -0.3 is 15.3 Å². The number of aromatic nitrogens is 3. The lowest BCUT2D eigenvalue weighted by Gasteiger charge is -2.43. The Morgan fingerprint density at radius 2 is 1.97 bits per heavy atom. The fourth-order valence-corrected chi connectivity index (χ4v) is 5.61. The van der Waals surface area contributed by atoms with Gasteiger partial charge in [0.1, 0.15) is 5.65 Å². The SMILES string of the molecule is CC(C)Cn1c(=O)c(C(=O)NC2CC2)c(O)n2ncc(C=CC(=O)N3CCN(CC4CC(F)(F)C4)CC3C)c12. The zero-order valence-electron chi connectivity index (χ0n) is 22.6. The zero-order valence-corrected chi connectivity index (χ0v) is 22.6. The number of piperazine rings is 1. The van der Waals surface area contributed by atoms with Crippen LogP contribution in [0.15, 0.2) is 17.1 Å². The number of amides is 2. The average molecular weight is 547 g/mol. The number of hydrogen-bond donors (Lipinski definition) is 2. The van der Waals surface area contributed by atoms with Gasteiger partial charge in [-0.3, -0.25) is 23.9 Å². The maximum atomic E-state index is 13.4. The molecule has 1 atom stereocenters. The molecule has 12 heteroatoms. The monoisotopic (exact) mass is 546 g/mol. The standard InChI is InChI=1S/C27H36F2N6O4/c1-16(2)13-34-24-19(12-30-35(24)26(39)22(25(34)38)23(37)31-20-5-6-20)4-7-21(36)33-9-8-32(14-17(33)3)15-18-10-27(28,29)11-18/h4,7,12,16-18,20,39H,5-6,8-11,13-15H2,1-3H3,(H,31,37). The summed E-state index contributed by atoms with van der Waals surface area (Å²) in [5.41, 5.74) is -0.194. The first-order chi connectivity index (χ1) is 18.4. The van der Waals surface area contributed by atoms with Gasteiger partial charge in [0, 0.05) is 69.3 Å². The Hall–Kier alpha value is -3.28. The molecule has 0 bridgehead atoms. The number of nitrogens with zero attached hydrogens (tertiary/aromatic N) is 5. The number of rotatable bonds is 8. The molecule has 3 heterocycles. The number of aromatic hydroxyl groups is 1. The van der Waals surface area contributed by atoms with Gasteiger partial charge in [0.2, 0.25) is 17.7 Å². The maximum absolute atomic E-state index is 13.4. The molecular weight excluding hydrogens is 510 g/mol. The fourth-order valence-electron chi connectivity index (χ4n) is 5.61. The molecule has 39 heavy (non-hydrogen) atoms. The molecule has 212 valence electrons. The van der Waals surface area contributed by atoms with Crippen molar-refractivity contribution in [1.29, 1.82) is 0 Å². The molecular formula is C27H36F2N6O4. The van der Waals surface area contributed by atoms with E-state index in [0.29, 0.717) is 43.9 Å². The van der Waals surface area contributed by atoms with Gasteiger partial charge in [0.25, 0.3) is 11.5 Å². The molecule has 2 saturated carbocycles. The van der Waals surface area contributed by atoms with E-state index in [4.69, 9.17) is 0 Å². The van der Waals surface area contributed by atoms with Crippen molar-refractivity contribution in [2.75, 3.05) is 26.2 Å². The van der Waals surface area contributed by atoms with Crippen LogP contribution in [0.5, 0.6) is 5.88 Å². The second-order valence-electron chi connectivity index (χ2n) is 11.7. The average Bonchev–Trinajstić information content (AvgIpc) is 3.54. The fraction of sp³-hybridized carbons (Fsp3) is 0.630. The van der Waals surface area contributed by atoms with E-state index in [9.17, 15) is 28.3 Å². The summed E-state index contributed by atoms with van der Waals surface area (Å²) in [4.78, 5) is 43.1. The lowest BCUT2D eigenvalue weighted by atomic mass is 9.81. The van der Waals surface area contributed by atoms with Gasteiger partial charge >= 0.3 is 0 Å². The Morgan fingerprint density at radius 3 is 2.59 bits per heavy atom. The Labute approximate surface area is 225 Å². The number of nitrogens with one attached hydrogen (secondary N) is 1. The van der Waals surface area contributed by atoms with Crippen LogP contribution in [0, 0.1) is 11.8 Å². The molecule has 2 aromatic heterocycles. The number of carbonyl (C=O) groups is 2. The molecule has 0 radical (unpaired) electrons. The Kier molecular flexibility index (Phi) is 7.25. The number of fused-ring (bicyclic) bond motifs is 1. The summed E-state index contributed by atoms with van der Waals surface area (Å²) >= 11 is 0. The largest absolute Gasteiger partial charge is 0.492 e. The van der Waals surface area contributed by atoms with Gasteiger partial charge in [-0.15, -0.1) is 0 Å². The van der Waals surface area contributed by atoms with Crippen LogP contribution in [0.4, 0.5) is 8.78 Å². The van der Waals surface area contributed by atoms with Crippen molar-refractivity contribution >= 4 is 23.5 Å². The third-order valence-electron chi connectivity index (χ3n) is 7.69. The zero-order chi connectivity index (χ0) is 28.1. The van der Waals surface area contributed by atoms with E-state index in [2.05, 4.69) is 15.3 Å². The molecule has 1 saturated heterocycles. The summed E-state index contributed by atoms with van der Waals surface area (Å²) in [5, 5.41) is 17.8. The normalized spacial score (nSPS) is 22.1. The van der Waals surface area contributed by atoms with E-state index >= 15 is 0 Å². The van der Waals surface area contributed by atoms with Crippen LogP contribution in [0.3, 0.4) is 0 Å².